The maximum Gasteiger partial charge on any atom is 0.278 e. The number of hydrogen-bond donors (Lipinski definition) is 1. The summed E-state index contributed by atoms with van der Waals surface area (Å²) in [4.78, 5) is 30.2. The summed E-state index contributed by atoms with van der Waals surface area (Å²) < 4.78 is 49.5. The summed E-state index contributed by atoms with van der Waals surface area (Å²) in [6.45, 7) is 1.45. The molecule has 5 aromatic rings. The third kappa shape index (κ3) is 3.74. The molecule has 0 spiro atoms. The summed E-state index contributed by atoms with van der Waals surface area (Å²) in [5.41, 5.74) is -0.392. The highest BCUT2D eigenvalue weighted by molar-refractivity contribution is 6.04. The van der Waals surface area contributed by atoms with Crippen LogP contribution in [0.25, 0.3) is 28.1 Å². The minimum absolute atomic E-state index is 0.0703. The zero-order valence-corrected chi connectivity index (χ0v) is 18.2. The van der Waals surface area contributed by atoms with Crippen LogP contribution in [0.1, 0.15) is 15.9 Å². The van der Waals surface area contributed by atoms with Crippen LogP contribution in [0, 0.1) is 24.4 Å². The fraction of sp³-hybridized carbons (Fsp3) is 0.0870. The second-order valence-corrected chi connectivity index (χ2v) is 7.65. The molecule has 5 rings (SSSR count). The Morgan fingerprint density at radius 3 is 2.60 bits per heavy atom. The van der Waals surface area contributed by atoms with Gasteiger partial charge >= 0.3 is 0 Å². The number of halogens is 3. The van der Waals surface area contributed by atoms with Gasteiger partial charge in [0.25, 0.3) is 11.5 Å². The van der Waals surface area contributed by atoms with E-state index in [-0.39, 0.29) is 45.1 Å². The first-order chi connectivity index (χ1) is 16.7. The topological polar surface area (TPSA) is 108 Å². The zero-order valence-electron chi connectivity index (χ0n) is 18.2. The van der Waals surface area contributed by atoms with Crippen LogP contribution < -0.4 is 10.9 Å². The molecule has 12 heteroatoms. The van der Waals surface area contributed by atoms with Gasteiger partial charge in [-0.15, -0.1) is 0 Å². The second-order valence-electron chi connectivity index (χ2n) is 7.65. The van der Waals surface area contributed by atoms with Gasteiger partial charge in [0.2, 0.25) is 0 Å². The monoisotopic (exact) mass is 480 g/mol. The number of aryl methyl sites for hydroxylation is 1. The fourth-order valence-electron chi connectivity index (χ4n) is 3.68. The fourth-order valence-corrected chi connectivity index (χ4v) is 3.68. The van der Waals surface area contributed by atoms with Gasteiger partial charge in [0.15, 0.2) is 17.3 Å². The molecule has 3 aromatic heterocycles. The number of amides is 1. The van der Waals surface area contributed by atoms with E-state index in [4.69, 9.17) is 0 Å². The van der Waals surface area contributed by atoms with E-state index in [9.17, 15) is 22.8 Å². The molecule has 0 aliphatic heterocycles. The summed E-state index contributed by atoms with van der Waals surface area (Å²) in [6, 6.07) is 6.74. The van der Waals surface area contributed by atoms with Gasteiger partial charge in [-0.3, -0.25) is 14.2 Å². The molecule has 9 nitrogen and oxygen atoms in total. The first-order valence-corrected chi connectivity index (χ1v) is 10.2. The lowest BCUT2D eigenvalue weighted by atomic mass is 10.0. The second kappa shape index (κ2) is 8.24. The quantitative estimate of drug-likeness (QED) is 0.420. The number of nitrogens with one attached hydrogen (secondary N) is 1. The molecule has 0 aliphatic rings. The van der Waals surface area contributed by atoms with Crippen LogP contribution in [0.5, 0.6) is 0 Å². The smallest absolute Gasteiger partial charge is 0.278 e. The SMILES string of the molecule is Cc1c(F)cc(C(=O)Nc2ccon2)cc1-c1nc2cnn(-c3ccc(F)cc3F)c2n(C)c1=O. The van der Waals surface area contributed by atoms with Crippen LogP contribution in [-0.2, 0) is 7.05 Å². The van der Waals surface area contributed by atoms with E-state index < -0.39 is 28.9 Å². The third-order valence-electron chi connectivity index (χ3n) is 5.46. The lowest BCUT2D eigenvalue weighted by Gasteiger charge is -2.12. The van der Waals surface area contributed by atoms with Gasteiger partial charge < -0.3 is 9.84 Å². The molecule has 0 saturated carbocycles. The van der Waals surface area contributed by atoms with Crippen LogP contribution in [0.3, 0.4) is 0 Å². The summed E-state index contributed by atoms with van der Waals surface area (Å²) in [6.07, 6.45) is 2.56. The molecular formula is C23H15F3N6O3. The molecule has 2 aromatic carbocycles. The van der Waals surface area contributed by atoms with Crippen molar-refractivity contribution in [3.05, 3.63) is 87.8 Å². The zero-order chi connectivity index (χ0) is 24.9. The van der Waals surface area contributed by atoms with Crippen molar-refractivity contribution in [2.45, 2.75) is 6.92 Å². The molecule has 0 saturated heterocycles. The van der Waals surface area contributed by atoms with Crippen LogP contribution >= 0.6 is 0 Å². The number of carbonyl (C=O) groups excluding carboxylic acids is 1. The standard InChI is InChI=1S/C23H15F3N6O3/c1-11-14(7-12(8-15(11)25)21(33)29-19-5-6-35-30-19)20-23(34)31(2)22-17(28-20)10-27-32(22)18-4-3-13(24)9-16(18)26/h3-10H,1-2H3,(H,29,30,33). The number of benzene rings is 2. The molecule has 35 heavy (non-hydrogen) atoms. The number of anilines is 1. The van der Waals surface area contributed by atoms with E-state index >= 15 is 0 Å². The van der Waals surface area contributed by atoms with Crippen molar-refractivity contribution < 1.29 is 22.5 Å². The van der Waals surface area contributed by atoms with Crippen molar-refractivity contribution in [2.24, 2.45) is 7.05 Å². The van der Waals surface area contributed by atoms with E-state index in [1.54, 1.807) is 0 Å². The van der Waals surface area contributed by atoms with Gasteiger partial charge in [-0.25, -0.2) is 22.8 Å². The Kier molecular flexibility index (Phi) is 5.20. The van der Waals surface area contributed by atoms with Crippen molar-refractivity contribution >= 4 is 22.9 Å². The molecule has 176 valence electrons. The third-order valence-corrected chi connectivity index (χ3v) is 5.46. The molecule has 0 atom stereocenters. The Balaban J connectivity index is 1.65. The van der Waals surface area contributed by atoms with Crippen LogP contribution in [0.15, 0.2) is 58.2 Å². The molecule has 1 amide bonds. The summed E-state index contributed by atoms with van der Waals surface area (Å²) >= 11 is 0. The predicted octanol–water partition coefficient (Wildman–Crippen LogP) is 3.75. The van der Waals surface area contributed by atoms with Crippen LogP contribution in [0.4, 0.5) is 19.0 Å². The number of fused-ring (bicyclic) bond motifs is 1. The first kappa shape index (κ1) is 22.1. The average molecular weight is 480 g/mol. The Bertz CT molecular complexity index is 1670. The molecule has 0 bridgehead atoms. The number of carbonyl (C=O) groups is 1. The van der Waals surface area contributed by atoms with E-state index in [2.05, 4.69) is 25.1 Å². The van der Waals surface area contributed by atoms with Crippen molar-refractivity contribution in [3.63, 3.8) is 0 Å². The highest BCUT2D eigenvalue weighted by atomic mass is 19.1. The Labute approximate surface area is 194 Å². The van der Waals surface area contributed by atoms with Gasteiger partial charge in [-0.05, 0) is 36.8 Å². The van der Waals surface area contributed by atoms with Gasteiger partial charge in [0.05, 0.1) is 6.20 Å². The van der Waals surface area contributed by atoms with Gasteiger partial charge in [-0.1, -0.05) is 5.16 Å². The van der Waals surface area contributed by atoms with Crippen molar-refractivity contribution in [1.29, 1.82) is 0 Å². The van der Waals surface area contributed by atoms with Gasteiger partial charge in [0.1, 0.15) is 34.8 Å². The lowest BCUT2D eigenvalue weighted by molar-refractivity contribution is 0.102. The Hall–Kier alpha value is -4.74. The first-order valence-electron chi connectivity index (χ1n) is 10.2. The van der Waals surface area contributed by atoms with Gasteiger partial charge in [-0.2, -0.15) is 5.10 Å². The largest absolute Gasteiger partial charge is 0.363 e. The number of nitrogens with zero attached hydrogens (tertiary/aromatic N) is 5. The van der Waals surface area contributed by atoms with Gasteiger partial charge in [0, 0.05) is 30.3 Å². The lowest BCUT2D eigenvalue weighted by Crippen LogP contribution is -2.23. The maximum atomic E-state index is 14.8. The number of aromatic nitrogens is 5. The highest BCUT2D eigenvalue weighted by Gasteiger charge is 2.21. The molecular weight excluding hydrogens is 465 g/mol. The Morgan fingerprint density at radius 2 is 1.89 bits per heavy atom. The van der Waals surface area contributed by atoms with Crippen LogP contribution in [-0.4, -0.2) is 30.4 Å². The summed E-state index contributed by atoms with van der Waals surface area (Å²) in [5, 5.41) is 10.1. The molecule has 3 heterocycles. The minimum atomic E-state index is -0.879. The number of rotatable bonds is 4. The molecule has 0 aliphatic carbocycles. The Morgan fingerprint density at radius 1 is 1.09 bits per heavy atom. The summed E-state index contributed by atoms with van der Waals surface area (Å²) in [5.74, 6) is -2.90. The van der Waals surface area contributed by atoms with E-state index in [0.29, 0.717) is 6.07 Å². The van der Waals surface area contributed by atoms with Crippen LogP contribution in [0.2, 0.25) is 0 Å². The molecule has 0 unspecified atom stereocenters. The minimum Gasteiger partial charge on any atom is -0.363 e. The predicted molar refractivity (Wildman–Crippen MR) is 119 cm³/mol. The summed E-state index contributed by atoms with van der Waals surface area (Å²) in [7, 11) is 1.42. The number of hydrogen-bond acceptors (Lipinski definition) is 6. The normalized spacial score (nSPS) is 11.2. The molecule has 0 fully saturated rings. The average Bonchev–Trinajstić information content (AvgIpc) is 3.48. The highest BCUT2D eigenvalue weighted by Crippen LogP contribution is 2.26. The van der Waals surface area contributed by atoms with E-state index in [0.717, 1.165) is 16.8 Å². The maximum absolute atomic E-state index is 14.8. The molecule has 1 N–H and O–H groups in total. The van der Waals surface area contributed by atoms with Crippen molar-refractivity contribution in [3.8, 4) is 16.9 Å². The van der Waals surface area contributed by atoms with E-state index in [1.807, 2.05) is 0 Å². The van der Waals surface area contributed by atoms with Crippen molar-refractivity contribution in [1.82, 2.24) is 24.5 Å². The molecule has 0 radical (unpaired) electrons. The van der Waals surface area contributed by atoms with Crippen molar-refractivity contribution in [2.75, 3.05) is 5.32 Å². The van der Waals surface area contributed by atoms with E-state index in [1.165, 1.54) is 49.2 Å².